The van der Waals surface area contributed by atoms with Crippen LogP contribution in [0, 0.1) is 0 Å². The van der Waals surface area contributed by atoms with Crippen LogP contribution in [0.15, 0.2) is 29.2 Å². The summed E-state index contributed by atoms with van der Waals surface area (Å²) in [5.74, 6) is -1.82. The number of nitrogens with zero attached hydrogens (tertiary/aromatic N) is 2. The third-order valence-electron chi connectivity index (χ3n) is 4.35. The van der Waals surface area contributed by atoms with Crippen LogP contribution < -0.4 is 5.73 Å². The van der Waals surface area contributed by atoms with Crippen molar-refractivity contribution in [2.24, 2.45) is 5.73 Å². The fourth-order valence-corrected chi connectivity index (χ4v) is 3.69. The number of hydrogen-bond donors (Lipinski definition) is 1. The second-order valence-electron chi connectivity index (χ2n) is 6.39. The Morgan fingerprint density at radius 3 is 2.37 bits per heavy atom. The molecule has 0 aliphatic carbocycles. The van der Waals surface area contributed by atoms with Crippen LogP contribution in [0.5, 0.6) is 0 Å². The van der Waals surface area contributed by atoms with Gasteiger partial charge < -0.3 is 15.4 Å². The highest BCUT2D eigenvalue weighted by molar-refractivity contribution is 7.89. The number of esters is 1. The van der Waals surface area contributed by atoms with Crippen molar-refractivity contribution in [1.29, 1.82) is 0 Å². The van der Waals surface area contributed by atoms with Gasteiger partial charge in [0.2, 0.25) is 15.9 Å². The van der Waals surface area contributed by atoms with E-state index >= 15 is 0 Å². The van der Waals surface area contributed by atoms with Crippen molar-refractivity contribution in [3.63, 3.8) is 0 Å². The third kappa shape index (κ3) is 4.83. The van der Waals surface area contributed by atoms with E-state index in [0.29, 0.717) is 13.0 Å². The second kappa shape index (κ2) is 8.49. The molecule has 0 unspecified atom stereocenters. The molecule has 9 nitrogen and oxygen atoms in total. The lowest BCUT2D eigenvalue weighted by Crippen LogP contribution is -2.51. The van der Waals surface area contributed by atoms with Crippen molar-refractivity contribution in [2.75, 3.05) is 27.2 Å². The molecule has 0 bridgehead atoms. The molecular formula is C17H23N3O6S. The number of ether oxygens (including phenoxy) is 1. The Bertz CT molecular complexity index is 820. The topological polar surface area (TPSA) is 127 Å². The molecule has 0 radical (unpaired) electrons. The average molecular weight is 397 g/mol. The molecule has 0 aromatic heterocycles. The van der Waals surface area contributed by atoms with Gasteiger partial charge in [-0.25, -0.2) is 17.5 Å². The molecule has 2 N–H and O–H groups in total. The molecule has 1 atom stereocenters. The van der Waals surface area contributed by atoms with E-state index < -0.39 is 40.5 Å². The highest BCUT2D eigenvalue weighted by atomic mass is 32.2. The molecule has 1 aliphatic heterocycles. The predicted molar refractivity (Wildman–Crippen MR) is 96.1 cm³/mol. The first-order valence-electron chi connectivity index (χ1n) is 8.43. The van der Waals surface area contributed by atoms with Crippen LogP contribution in [0.25, 0.3) is 0 Å². The van der Waals surface area contributed by atoms with Gasteiger partial charge in [0.05, 0.1) is 10.5 Å². The van der Waals surface area contributed by atoms with E-state index in [2.05, 4.69) is 0 Å². The van der Waals surface area contributed by atoms with E-state index in [0.717, 1.165) is 17.1 Å². The van der Waals surface area contributed by atoms with Gasteiger partial charge in [0.1, 0.15) is 6.04 Å². The second-order valence-corrected chi connectivity index (χ2v) is 8.54. The average Bonchev–Trinajstić information content (AvgIpc) is 2.65. The van der Waals surface area contributed by atoms with E-state index in [1.165, 1.54) is 43.3 Å². The summed E-state index contributed by atoms with van der Waals surface area (Å²) in [6.45, 7) is -0.124. The number of piperidine rings is 1. The number of likely N-dealkylation sites (tertiary alicyclic amines) is 1. The quantitative estimate of drug-likeness (QED) is 0.671. The zero-order valence-electron chi connectivity index (χ0n) is 15.3. The van der Waals surface area contributed by atoms with E-state index in [9.17, 15) is 22.8 Å². The molecule has 27 heavy (non-hydrogen) atoms. The highest BCUT2D eigenvalue weighted by Crippen LogP contribution is 2.18. The lowest BCUT2D eigenvalue weighted by molar-refractivity contribution is -0.143. The molecule has 10 heteroatoms. The van der Waals surface area contributed by atoms with Gasteiger partial charge in [-0.2, -0.15) is 0 Å². The van der Waals surface area contributed by atoms with Crippen LogP contribution in [-0.4, -0.2) is 68.7 Å². The van der Waals surface area contributed by atoms with Crippen LogP contribution >= 0.6 is 0 Å². The number of primary amides is 1. The number of carbonyl (C=O) groups excluding carboxylic acids is 3. The van der Waals surface area contributed by atoms with Gasteiger partial charge in [-0.3, -0.25) is 9.59 Å². The summed E-state index contributed by atoms with van der Waals surface area (Å²) in [4.78, 5) is 37.2. The molecule has 1 aliphatic rings. The number of hydrogen-bond acceptors (Lipinski definition) is 6. The van der Waals surface area contributed by atoms with Crippen molar-refractivity contribution in [1.82, 2.24) is 9.21 Å². The Kier molecular flexibility index (Phi) is 6.55. The Balaban J connectivity index is 1.99. The maximum Gasteiger partial charge on any atom is 0.338 e. The summed E-state index contributed by atoms with van der Waals surface area (Å²) in [6, 6.07) is 4.54. The summed E-state index contributed by atoms with van der Waals surface area (Å²) >= 11 is 0. The monoisotopic (exact) mass is 397 g/mol. The minimum atomic E-state index is -3.60. The minimum absolute atomic E-state index is 0.0396. The largest absolute Gasteiger partial charge is 0.452 e. The first kappa shape index (κ1) is 20.8. The maximum atomic E-state index is 12.3. The van der Waals surface area contributed by atoms with Gasteiger partial charge in [0.15, 0.2) is 6.61 Å². The summed E-state index contributed by atoms with van der Waals surface area (Å²) in [5.41, 5.74) is 5.44. The lowest BCUT2D eigenvalue weighted by atomic mass is 10.0. The molecule has 2 rings (SSSR count). The molecule has 2 amide bonds. The predicted octanol–water partition coefficient (Wildman–Crippen LogP) is -0.0399. The van der Waals surface area contributed by atoms with Gasteiger partial charge in [0.25, 0.3) is 5.91 Å². The van der Waals surface area contributed by atoms with Crippen molar-refractivity contribution in [3.05, 3.63) is 29.8 Å². The van der Waals surface area contributed by atoms with Crippen molar-refractivity contribution >= 4 is 27.8 Å². The summed E-state index contributed by atoms with van der Waals surface area (Å²) in [5, 5.41) is 0. The van der Waals surface area contributed by atoms with Gasteiger partial charge in [-0.1, -0.05) is 0 Å². The minimum Gasteiger partial charge on any atom is -0.452 e. The molecule has 1 fully saturated rings. The number of sulfonamides is 1. The van der Waals surface area contributed by atoms with Crippen LogP contribution in [0.3, 0.4) is 0 Å². The molecule has 1 aromatic carbocycles. The van der Waals surface area contributed by atoms with Gasteiger partial charge in [-0.15, -0.1) is 0 Å². The summed E-state index contributed by atoms with van der Waals surface area (Å²) in [7, 11) is -0.786. The first-order valence-corrected chi connectivity index (χ1v) is 9.87. The Morgan fingerprint density at radius 1 is 1.19 bits per heavy atom. The maximum absolute atomic E-state index is 12.3. The highest BCUT2D eigenvalue weighted by Gasteiger charge is 2.31. The fraction of sp³-hybridized carbons (Fsp3) is 0.471. The van der Waals surface area contributed by atoms with Crippen LogP contribution in [0.4, 0.5) is 0 Å². The van der Waals surface area contributed by atoms with Gasteiger partial charge in [-0.05, 0) is 43.5 Å². The van der Waals surface area contributed by atoms with Crippen molar-refractivity contribution in [2.45, 2.75) is 30.2 Å². The first-order chi connectivity index (χ1) is 12.6. The third-order valence-corrected chi connectivity index (χ3v) is 6.18. The van der Waals surface area contributed by atoms with Crippen LogP contribution in [-0.2, 0) is 24.3 Å². The smallest absolute Gasteiger partial charge is 0.338 e. The zero-order chi connectivity index (χ0) is 20.2. The molecule has 1 heterocycles. The van der Waals surface area contributed by atoms with Crippen LogP contribution in [0.1, 0.15) is 29.6 Å². The number of benzene rings is 1. The number of rotatable bonds is 6. The normalized spacial score (nSPS) is 17.6. The summed E-state index contributed by atoms with van der Waals surface area (Å²) < 4.78 is 30.1. The standard InChI is InChI=1S/C17H23N3O6S/c1-19(2)27(24,25)13-8-6-12(7-9-13)17(23)26-11-15(21)20-10-4-3-5-14(20)16(18)22/h6-9,14H,3-5,10-11H2,1-2H3,(H2,18,22)/t14-/m0/s1. The molecule has 0 saturated carbocycles. The molecule has 0 spiro atoms. The molecular weight excluding hydrogens is 374 g/mol. The fourth-order valence-electron chi connectivity index (χ4n) is 2.79. The molecule has 148 valence electrons. The Labute approximate surface area is 158 Å². The van der Waals surface area contributed by atoms with E-state index in [-0.39, 0.29) is 10.5 Å². The van der Waals surface area contributed by atoms with Gasteiger partial charge in [0, 0.05) is 20.6 Å². The number of nitrogens with two attached hydrogens (primary N) is 1. The van der Waals surface area contributed by atoms with E-state index in [1.807, 2.05) is 0 Å². The Morgan fingerprint density at radius 2 is 1.81 bits per heavy atom. The molecule has 1 aromatic rings. The van der Waals surface area contributed by atoms with E-state index in [4.69, 9.17) is 10.5 Å². The number of amides is 2. The summed E-state index contributed by atoms with van der Waals surface area (Å²) in [6.07, 6.45) is 2.06. The molecule has 1 saturated heterocycles. The zero-order valence-corrected chi connectivity index (χ0v) is 16.1. The van der Waals surface area contributed by atoms with E-state index in [1.54, 1.807) is 0 Å². The number of carbonyl (C=O) groups is 3. The van der Waals surface area contributed by atoms with Gasteiger partial charge >= 0.3 is 5.97 Å². The SMILES string of the molecule is CN(C)S(=O)(=O)c1ccc(C(=O)OCC(=O)N2CCCC[C@H]2C(N)=O)cc1. The Hall–Kier alpha value is -2.46. The lowest BCUT2D eigenvalue weighted by Gasteiger charge is -2.33. The van der Waals surface area contributed by atoms with Crippen molar-refractivity contribution in [3.8, 4) is 0 Å². The van der Waals surface area contributed by atoms with Crippen LogP contribution in [0.2, 0.25) is 0 Å². The van der Waals surface area contributed by atoms with Crippen molar-refractivity contribution < 1.29 is 27.5 Å².